The molecule has 1 saturated heterocycles. The molecule has 0 bridgehead atoms. The molecule has 4 nitrogen and oxygen atoms in total. The lowest BCUT2D eigenvalue weighted by molar-refractivity contribution is -0.118. The maximum absolute atomic E-state index is 14.2. The SMILES string of the molecule is CC(=O)NCC(=Cc1ccc(C)cc1F)B1OC(C)(C)C(C)(C)O1. The summed E-state index contributed by atoms with van der Waals surface area (Å²) in [6, 6.07) is 5.03. The lowest BCUT2D eigenvalue weighted by atomic mass is 9.77. The van der Waals surface area contributed by atoms with E-state index in [1.807, 2.05) is 40.7 Å². The molecule has 0 spiro atoms. The van der Waals surface area contributed by atoms with E-state index in [1.54, 1.807) is 12.1 Å². The molecule has 1 amide bonds. The van der Waals surface area contributed by atoms with Gasteiger partial charge in [-0.25, -0.2) is 4.39 Å². The van der Waals surface area contributed by atoms with Crippen molar-refractivity contribution in [3.8, 4) is 0 Å². The van der Waals surface area contributed by atoms with Crippen LogP contribution in [0.5, 0.6) is 0 Å². The normalized spacial score (nSPS) is 19.5. The summed E-state index contributed by atoms with van der Waals surface area (Å²) in [6.45, 7) is 11.3. The standard InChI is InChI=1S/C18H25BFNO3/c1-12-7-8-14(16(20)9-12)10-15(11-21-13(2)22)19-23-17(3,4)18(5,6)24-19/h7-10H,11H2,1-6H3,(H,21,22). The molecule has 0 aromatic heterocycles. The van der Waals surface area contributed by atoms with Crippen LogP contribution in [0.4, 0.5) is 4.39 Å². The summed E-state index contributed by atoms with van der Waals surface area (Å²) in [4.78, 5) is 11.3. The predicted octanol–water partition coefficient (Wildman–Crippen LogP) is 3.29. The minimum Gasteiger partial charge on any atom is -0.400 e. The molecule has 0 radical (unpaired) electrons. The maximum atomic E-state index is 14.2. The molecular formula is C18H25BFNO3. The summed E-state index contributed by atoms with van der Waals surface area (Å²) >= 11 is 0. The van der Waals surface area contributed by atoms with Gasteiger partial charge < -0.3 is 14.6 Å². The zero-order valence-electron chi connectivity index (χ0n) is 15.2. The average molecular weight is 333 g/mol. The quantitative estimate of drug-likeness (QED) is 0.860. The van der Waals surface area contributed by atoms with Crippen LogP contribution >= 0.6 is 0 Å². The molecule has 0 saturated carbocycles. The third-order valence-corrected chi connectivity index (χ3v) is 4.59. The molecule has 1 aliphatic rings. The average Bonchev–Trinajstić information content (AvgIpc) is 2.65. The Kier molecular flexibility index (Phi) is 5.21. The van der Waals surface area contributed by atoms with Crippen LogP contribution in [0.15, 0.2) is 23.7 Å². The van der Waals surface area contributed by atoms with Gasteiger partial charge in [0.15, 0.2) is 0 Å². The van der Waals surface area contributed by atoms with Crippen molar-refractivity contribution in [2.75, 3.05) is 6.54 Å². The van der Waals surface area contributed by atoms with Crippen molar-refractivity contribution in [1.29, 1.82) is 0 Å². The van der Waals surface area contributed by atoms with Crippen molar-refractivity contribution in [3.63, 3.8) is 0 Å². The van der Waals surface area contributed by atoms with Crippen LogP contribution in [-0.4, -0.2) is 30.8 Å². The summed E-state index contributed by atoms with van der Waals surface area (Å²) in [6.07, 6.45) is 1.69. The molecule has 1 aliphatic heterocycles. The van der Waals surface area contributed by atoms with Crippen molar-refractivity contribution in [1.82, 2.24) is 5.32 Å². The van der Waals surface area contributed by atoms with E-state index in [0.29, 0.717) is 11.0 Å². The molecule has 24 heavy (non-hydrogen) atoms. The number of benzene rings is 1. The number of hydrogen-bond acceptors (Lipinski definition) is 3. The summed E-state index contributed by atoms with van der Waals surface area (Å²) < 4.78 is 26.2. The van der Waals surface area contributed by atoms with Crippen LogP contribution in [0, 0.1) is 12.7 Å². The second kappa shape index (κ2) is 6.69. The highest BCUT2D eigenvalue weighted by Gasteiger charge is 2.52. The van der Waals surface area contributed by atoms with E-state index in [2.05, 4.69) is 5.32 Å². The Bertz CT molecular complexity index is 654. The van der Waals surface area contributed by atoms with Crippen molar-refractivity contribution in [2.45, 2.75) is 52.7 Å². The topological polar surface area (TPSA) is 47.6 Å². The summed E-state index contributed by atoms with van der Waals surface area (Å²) in [5.74, 6) is -0.478. The first-order chi connectivity index (χ1) is 11.0. The van der Waals surface area contributed by atoms with Gasteiger partial charge in [0.25, 0.3) is 0 Å². The highest BCUT2D eigenvalue weighted by atomic mass is 19.1. The van der Waals surface area contributed by atoms with Gasteiger partial charge in [-0.1, -0.05) is 18.2 Å². The highest BCUT2D eigenvalue weighted by Crippen LogP contribution is 2.38. The molecule has 1 N–H and O–H groups in total. The molecule has 130 valence electrons. The molecule has 0 atom stereocenters. The van der Waals surface area contributed by atoms with Gasteiger partial charge in [-0.15, -0.1) is 0 Å². The van der Waals surface area contributed by atoms with Crippen LogP contribution in [0.1, 0.15) is 45.7 Å². The van der Waals surface area contributed by atoms with Crippen LogP contribution in [0.3, 0.4) is 0 Å². The molecule has 1 fully saturated rings. The molecule has 1 aromatic rings. The van der Waals surface area contributed by atoms with Crippen molar-refractivity contribution < 1.29 is 18.5 Å². The van der Waals surface area contributed by atoms with Gasteiger partial charge in [-0.3, -0.25) is 4.79 Å². The fraction of sp³-hybridized carbons (Fsp3) is 0.500. The van der Waals surface area contributed by atoms with E-state index < -0.39 is 18.3 Å². The first-order valence-corrected chi connectivity index (χ1v) is 8.08. The lowest BCUT2D eigenvalue weighted by Crippen LogP contribution is -2.41. The van der Waals surface area contributed by atoms with E-state index >= 15 is 0 Å². The van der Waals surface area contributed by atoms with E-state index in [0.717, 1.165) is 5.56 Å². The second-order valence-corrected chi connectivity index (χ2v) is 7.24. The number of carbonyl (C=O) groups excluding carboxylic acids is 1. The predicted molar refractivity (Wildman–Crippen MR) is 93.9 cm³/mol. The van der Waals surface area contributed by atoms with Crippen LogP contribution in [0.2, 0.25) is 0 Å². The third-order valence-electron chi connectivity index (χ3n) is 4.59. The van der Waals surface area contributed by atoms with E-state index in [1.165, 1.54) is 13.0 Å². The highest BCUT2D eigenvalue weighted by molar-refractivity contribution is 6.56. The van der Waals surface area contributed by atoms with Crippen LogP contribution in [-0.2, 0) is 14.1 Å². The van der Waals surface area contributed by atoms with E-state index in [4.69, 9.17) is 9.31 Å². The van der Waals surface area contributed by atoms with Crippen LogP contribution < -0.4 is 5.32 Å². The van der Waals surface area contributed by atoms with Gasteiger partial charge in [0.1, 0.15) is 5.82 Å². The minimum absolute atomic E-state index is 0.165. The van der Waals surface area contributed by atoms with Gasteiger partial charge in [0.2, 0.25) is 5.91 Å². The first-order valence-electron chi connectivity index (χ1n) is 8.08. The Morgan fingerprint density at radius 2 is 1.83 bits per heavy atom. The van der Waals surface area contributed by atoms with Gasteiger partial charge >= 0.3 is 7.12 Å². The monoisotopic (exact) mass is 333 g/mol. The molecule has 6 heteroatoms. The van der Waals surface area contributed by atoms with Crippen molar-refractivity contribution in [2.24, 2.45) is 0 Å². The summed E-state index contributed by atoms with van der Waals surface area (Å²) in [5.41, 5.74) is 0.961. The molecule has 1 aromatic carbocycles. The largest absolute Gasteiger partial charge is 0.492 e. The minimum atomic E-state index is -0.637. The van der Waals surface area contributed by atoms with Crippen molar-refractivity contribution >= 4 is 19.1 Å². The number of amides is 1. The van der Waals surface area contributed by atoms with Crippen molar-refractivity contribution in [3.05, 3.63) is 40.6 Å². The van der Waals surface area contributed by atoms with Gasteiger partial charge in [0.05, 0.1) is 11.2 Å². The van der Waals surface area contributed by atoms with Crippen LogP contribution in [0.25, 0.3) is 6.08 Å². The Morgan fingerprint density at radius 3 is 2.33 bits per heavy atom. The number of nitrogens with one attached hydrogen (secondary N) is 1. The molecule has 0 aliphatic carbocycles. The Balaban J connectivity index is 2.35. The summed E-state index contributed by atoms with van der Waals surface area (Å²) in [5, 5.41) is 2.74. The lowest BCUT2D eigenvalue weighted by Gasteiger charge is -2.32. The molecule has 2 rings (SSSR count). The number of halogens is 1. The molecule has 1 heterocycles. The Hall–Kier alpha value is -1.66. The first kappa shape index (κ1) is 18.7. The molecular weight excluding hydrogens is 308 g/mol. The third kappa shape index (κ3) is 4.05. The fourth-order valence-electron chi connectivity index (χ4n) is 2.37. The number of hydrogen-bond donors (Lipinski definition) is 1. The maximum Gasteiger partial charge on any atom is 0.492 e. The number of carbonyl (C=O) groups is 1. The van der Waals surface area contributed by atoms with E-state index in [-0.39, 0.29) is 18.3 Å². The van der Waals surface area contributed by atoms with Gasteiger partial charge in [-0.05, 0) is 51.7 Å². The summed E-state index contributed by atoms with van der Waals surface area (Å²) in [7, 11) is -0.637. The number of aryl methyl sites for hydroxylation is 1. The van der Waals surface area contributed by atoms with Gasteiger partial charge in [0, 0.05) is 19.0 Å². The fourth-order valence-corrected chi connectivity index (χ4v) is 2.37. The number of rotatable bonds is 4. The smallest absolute Gasteiger partial charge is 0.400 e. The van der Waals surface area contributed by atoms with Gasteiger partial charge in [-0.2, -0.15) is 0 Å². The zero-order valence-corrected chi connectivity index (χ0v) is 15.2. The molecule has 0 unspecified atom stereocenters. The van der Waals surface area contributed by atoms with E-state index in [9.17, 15) is 9.18 Å². The Morgan fingerprint density at radius 1 is 1.25 bits per heavy atom. The zero-order chi connectivity index (χ0) is 18.1. The second-order valence-electron chi connectivity index (χ2n) is 7.24. The Labute approximate surface area is 143 Å².